The molecule has 1 aromatic rings. The molecular formula is C14H16N2O. The summed E-state index contributed by atoms with van der Waals surface area (Å²) in [6.07, 6.45) is 2.83. The minimum atomic E-state index is 0.211. The lowest BCUT2D eigenvalue weighted by Gasteiger charge is -2.27. The molecule has 0 bridgehead atoms. The second kappa shape index (κ2) is 4.34. The van der Waals surface area contributed by atoms with E-state index < -0.39 is 0 Å². The summed E-state index contributed by atoms with van der Waals surface area (Å²) in [6.45, 7) is 3.47. The molecule has 3 nitrogen and oxygen atoms in total. The number of carbonyl (C=O) groups is 1. The summed E-state index contributed by atoms with van der Waals surface area (Å²) < 4.78 is 0. The fourth-order valence-electron chi connectivity index (χ4n) is 2.49. The van der Waals surface area contributed by atoms with Crippen molar-refractivity contribution in [1.82, 2.24) is 10.2 Å². The molecule has 0 saturated carbocycles. The third kappa shape index (κ3) is 1.98. The zero-order chi connectivity index (χ0) is 11.7. The lowest BCUT2D eigenvalue weighted by molar-refractivity contribution is -0.127. The molecule has 0 atom stereocenters. The summed E-state index contributed by atoms with van der Waals surface area (Å²) in [5.41, 5.74) is 3.41. The summed E-state index contributed by atoms with van der Waals surface area (Å²) in [4.78, 5) is 14.3. The molecule has 1 heterocycles. The second-order valence-corrected chi connectivity index (χ2v) is 4.59. The molecule has 1 aliphatic heterocycles. The summed E-state index contributed by atoms with van der Waals surface area (Å²) in [5, 5.41) is 3.26. The third-order valence-electron chi connectivity index (χ3n) is 3.44. The Kier molecular flexibility index (Phi) is 2.69. The predicted octanol–water partition coefficient (Wildman–Crippen LogP) is 1.06. The number of nitrogens with zero attached hydrogens (tertiary/aromatic N) is 1. The van der Waals surface area contributed by atoms with E-state index in [-0.39, 0.29) is 5.91 Å². The molecule has 0 spiro atoms. The van der Waals surface area contributed by atoms with Gasteiger partial charge in [-0.15, -0.1) is 0 Å². The minimum Gasteiger partial charge on any atom is -0.336 e. The van der Waals surface area contributed by atoms with Crippen LogP contribution in [0.4, 0.5) is 0 Å². The van der Waals surface area contributed by atoms with Crippen LogP contribution in [0.5, 0.6) is 0 Å². The van der Waals surface area contributed by atoms with Crippen molar-refractivity contribution in [2.45, 2.75) is 6.42 Å². The van der Waals surface area contributed by atoms with Gasteiger partial charge in [0.1, 0.15) is 0 Å². The maximum Gasteiger partial charge on any atom is 0.250 e. The topological polar surface area (TPSA) is 32.3 Å². The maximum atomic E-state index is 12.3. The highest BCUT2D eigenvalue weighted by Crippen LogP contribution is 2.25. The first-order valence-corrected chi connectivity index (χ1v) is 6.13. The van der Waals surface area contributed by atoms with Crippen LogP contribution in [0.1, 0.15) is 11.1 Å². The van der Waals surface area contributed by atoms with Crippen LogP contribution in [0.3, 0.4) is 0 Å². The van der Waals surface area contributed by atoms with Gasteiger partial charge in [0.15, 0.2) is 0 Å². The van der Waals surface area contributed by atoms with Crippen LogP contribution in [0.25, 0.3) is 6.08 Å². The number of rotatable bonds is 1. The summed E-state index contributed by atoms with van der Waals surface area (Å²) >= 11 is 0. The Hall–Kier alpha value is -1.61. The normalized spacial score (nSPS) is 18.8. The number of hydrogen-bond acceptors (Lipinski definition) is 2. The lowest BCUT2D eigenvalue weighted by Crippen LogP contribution is -2.46. The maximum absolute atomic E-state index is 12.3. The van der Waals surface area contributed by atoms with Crippen molar-refractivity contribution in [2.24, 2.45) is 0 Å². The Balaban J connectivity index is 1.77. The Morgan fingerprint density at radius 1 is 1.18 bits per heavy atom. The number of piperazine rings is 1. The van der Waals surface area contributed by atoms with Crippen LogP contribution >= 0.6 is 0 Å². The molecule has 0 radical (unpaired) electrons. The third-order valence-corrected chi connectivity index (χ3v) is 3.44. The van der Waals surface area contributed by atoms with Crippen molar-refractivity contribution in [1.29, 1.82) is 0 Å². The Labute approximate surface area is 101 Å². The second-order valence-electron chi connectivity index (χ2n) is 4.59. The van der Waals surface area contributed by atoms with E-state index in [0.717, 1.165) is 38.2 Å². The number of nitrogens with one attached hydrogen (secondary N) is 1. The van der Waals surface area contributed by atoms with Crippen LogP contribution < -0.4 is 5.32 Å². The molecule has 1 N–H and O–H groups in total. The molecule has 2 aliphatic rings. The zero-order valence-corrected chi connectivity index (χ0v) is 9.78. The average molecular weight is 228 g/mol. The zero-order valence-electron chi connectivity index (χ0n) is 9.78. The molecule has 3 heteroatoms. The fraction of sp³-hybridized carbons (Fsp3) is 0.357. The van der Waals surface area contributed by atoms with Gasteiger partial charge in [-0.3, -0.25) is 4.79 Å². The quantitative estimate of drug-likeness (QED) is 0.779. The van der Waals surface area contributed by atoms with E-state index in [0.29, 0.717) is 0 Å². The van der Waals surface area contributed by atoms with E-state index >= 15 is 0 Å². The highest BCUT2D eigenvalue weighted by molar-refractivity contribution is 6.00. The molecule has 1 aromatic carbocycles. The first kappa shape index (κ1) is 10.5. The van der Waals surface area contributed by atoms with Gasteiger partial charge in [-0.1, -0.05) is 24.3 Å². The number of carbonyl (C=O) groups excluding carboxylic acids is 1. The van der Waals surface area contributed by atoms with Gasteiger partial charge in [0.05, 0.1) is 0 Å². The van der Waals surface area contributed by atoms with E-state index in [1.54, 1.807) is 0 Å². The van der Waals surface area contributed by atoms with Crippen molar-refractivity contribution in [2.75, 3.05) is 26.2 Å². The molecule has 1 aliphatic carbocycles. The fourth-order valence-corrected chi connectivity index (χ4v) is 2.49. The molecule has 17 heavy (non-hydrogen) atoms. The van der Waals surface area contributed by atoms with Gasteiger partial charge in [0, 0.05) is 38.2 Å². The van der Waals surface area contributed by atoms with Gasteiger partial charge in [0.25, 0.3) is 0 Å². The smallest absolute Gasteiger partial charge is 0.250 e. The van der Waals surface area contributed by atoms with Crippen molar-refractivity contribution in [3.8, 4) is 0 Å². The van der Waals surface area contributed by atoms with Gasteiger partial charge in [-0.25, -0.2) is 0 Å². The minimum absolute atomic E-state index is 0.211. The molecule has 1 fully saturated rings. The van der Waals surface area contributed by atoms with Crippen LogP contribution in [0, 0.1) is 0 Å². The molecular weight excluding hydrogens is 212 g/mol. The standard InChI is InChI=1S/C14H16N2O/c17-14(16-7-5-15-6-8-16)13-9-11-3-1-2-4-12(11)10-13/h1-4,9,15H,5-8,10H2. The van der Waals surface area contributed by atoms with Crippen LogP contribution in [0.2, 0.25) is 0 Å². The van der Waals surface area contributed by atoms with Crippen LogP contribution in [0.15, 0.2) is 29.8 Å². The van der Waals surface area contributed by atoms with E-state index in [1.807, 2.05) is 23.1 Å². The van der Waals surface area contributed by atoms with Gasteiger partial charge in [-0.05, 0) is 17.2 Å². The Bertz CT molecular complexity index is 473. The first-order chi connectivity index (χ1) is 8.34. The van der Waals surface area contributed by atoms with Crippen molar-refractivity contribution < 1.29 is 4.79 Å². The average Bonchev–Trinajstić information content (AvgIpc) is 2.82. The lowest BCUT2D eigenvalue weighted by atomic mass is 10.1. The van der Waals surface area contributed by atoms with Crippen molar-refractivity contribution >= 4 is 12.0 Å². The molecule has 1 amide bonds. The van der Waals surface area contributed by atoms with E-state index in [2.05, 4.69) is 17.4 Å². The van der Waals surface area contributed by atoms with Crippen molar-refractivity contribution in [3.05, 3.63) is 41.0 Å². The van der Waals surface area contributed by atoms with Crippen molar-refractivity contribution in [3.63, 3.8) is 0 Å². The highest BCUT2D eigenvalue weighted by atomic mass is 16.2. The monoisotopic (exact) mass is 228 g/mol. The SMILES string of the molecule is O=C(C1=Cc2ccccc2C1)N1CCNCC1. The van der Waals surface area contributed by atoms with Crippen LogP contribution in [-0.4, -0.2) is 37.0 Å². The number of amides is 1. The summed E-state index contributed by atoms with van der Waals surface area (Å²) in [7, 11) is 0. The Morgan fingerprint density at radius 2 is 1.94 bits per heavy atom. The van der Waals surface area contributed by atoms with Gasteiger partial charge in [0.2, 0.25) is 5.91 Å². The molecule has 88 valence electrons. The molecule has 1 saturated heterocycles. The Morgan fingerprint density at radius 3 is 2.71 bits per heavy atom. The van der Waals surface area contributed by atoms with Gasteiger partial charge in [-0.2, -0.15) is 0 Å². The summed E-state index contributed by atoms with van der Waals surface area (Å²) in [5.74, 6) is 0.211. The van der Waals surface area contributed by atoms with E-state index in [9.17, 15) is 4.79 Å². The molecule has 0 aromatic heterocycles. The van der Waals surface area contributed by atoms with Gasteiger partial charge >= 0.3 is 0 Å². The molecule has 0 unspecified atom stereocenters. The largest absolute Gasteiger partial charge is 0.336 e. The van der Waals surface area contributed by atoms with Crippen LogP contribution in [-0.2, 0) is 11.2 Å². The summed E-state index contributed by atoms with van der Waals surface area (Å²) in [6, 6.07) is 8.23. The number of benzene rings is 1. The number of fused-ring (bicyclic) bond motifs is 1. The van der Waals surface area contributed by atoms with Gasteiger partial charge < -0.3 is 10.2 Å². The predicted molar refractivity (Wildman–Crippen MR) is 67.6 cm³/mol. The number of hydrogen-bond donors (Lipinski definition) is 1. The first-order valence-electron chi connectivity index (χ1n) is 6.13. The van der Waals surface area contributed by atoms with E-state index in [1.165, 1.54) is 11.1 Å². The highest BCUT2D eigenvalue weighted by Gasteiger charge is 2.23. The van der Waals surface area contributed by atoms with E-state index in [4.69, 9.17) is 0 Å². The molecule has 3 rings (SSSR count).